The molecule has 29 heavy (non-hydrogen) atoms. The second-order valence-corrected chi connectivity index (χ2v) is 8.27. The van der Waals surface area contributed by atoms with Crippen molar-refractivity contribution in [2.75, 3.05) is 13.2 Å². The number of aromatic nitrogens is 4. The van der Waals surface area contributed by atoms with Crippen LogP contribution in [0.3, 0.4) is 0 Å². The van der Waals surface area contributed by atoms with Gasteiger partial charge in [0.25, 0.3) is 5.89 Å². The molecule has 2 aliphatic rings. The van der Waals surface area contributed by atoms with E-state index in [4.69, 9.17) is 4.52 Å². The number of aliphatic hydroxyl groups is 1. The van der Waals surface area contributed by atoms with E-state index in [1.807, 2.05) is 17.0 Å². The molecule has 0 saturated carbocycles. The van der Waals surface area contributed by atoms with Crippen molar-refractivity contribution in [2.24, 2.45) is 5.92 Å². The first-order valence-corrected chi connectivity index (χ1v) is 10.7. The van der Waals surface area contributed by atoms with Gasteiger partial charge in [0.05, 0.1) is 18.3 Å². The molecular formula is C20H21N5O3S. The van der Waals surface area contributed by atoms with Crippen LogP contribution < -0.4 is 0 Å². The first-order chi connectivity index (χ1) is 14.2. The molecule has 0 radical (unpaired) electrons. The number of likely N-dealkylation sites (tertiary alicyclic amines) is 1. The quantitative estimate of drug-likeness (QED) is 0.665. The predicted molar refractivity (Wildman–Crippen MR) is 106 cm³/mol. The maximum Gasteiger partial charge on any atom is 0.271 e. The van der Waals surface area contributed by atoms with Gasteiger partial charge in [-0.1, -0.05) is 41.2 Å². The molecule has 0 unspecified atom stereocenters. The molecule has 3 heterocycles. The second kappa shape index (κ2) is 7.31. The summed E-state index contributed by atoms with van der Waals surface area (Å²) in [7, 11) is 0. The predicted octanol–water partition coefficient (Wildman–Crippen LogP) is 2.65. The highest BCUT2D eigenvalue weighted by Crippen LogP contribution is 2.49. The lowest BCUT2D eigenvalue weighted by atomic mass is 10.0. The standard InChI is InChI=1S/C20H21N5O3S/c1-2-4-15-18(29-24-22-15)20-21-19(23-28-20)13-6-3-5-12-14(13)9-11-10-16(27)25(7-8-26)17(11)12/h3,5-6,11,17,26H,2,4,7-10H2,1H3/t11-,17+/m1/s1. The fourth-order valence-corrected chi connectivity index (χ4v) is 5.25. The van der Waals surface area contributed by atoms with Crippen LogP contribution >= 0.6 is 11.5 Å². The van der Waals surface area contributed by atoms with E-state index >= 15 is 0 Å². The number of amides is 1. The van der Waals surface area contributed by atoms with Crippen molar-refractivity contribution in [1.29, 1.82) is 0 Å². The number of nitrogens with zero attached hydrogens (tertiary/aromatic N) is 5. The molecule has 2 aromatic heterocycles. The number of carbonyl (C=O) groups excluding carboxylic acids is 1. The molecule has 8 nitrogen and oxygen atoms in total. The summed E-state index contributed by atoms with van der Waals surface area (Å²) < 4.78 is 9.59. The van der Waals surface area contributed by atoms with Crippen LogP contribution in [0.2, 0.25) is 0 Å². The molecule has 9 heteroatoms. The van der Waals surface area contributed by atoms with Gasteiger partial charge in [0, 0.05) is 18.5 Å². The monoisotopic (exact) mass is 411 g/mol. The first kappa shape index (κ1) is 18.4. The van der Waals surface area contributed by atoms with Crippen LogP contribution in [0, 0.1) is 5.92 Å². The minimum absolute atomic E-state index is 0.0258. The Bertz CT molecular complexity index is 1060. The highest BCUT2D eigenvalue weighted by atomic mass is 32.1. The van der Waals surface area contributed by atoms with E-state index < -0.39 is 0 Å². The van der Waals surface area contributed by atoms with E-state index in [0.29, 0.717) is 24.7 Å². The Morgan fingerprint density at radius 1 is 1.34 bits per heavy atom. The third-order valence-corrected chi connectivity index (χ3v) is 6.54. The average Bonchev–Trinajstić information content (AvgIpc) is 3.47. The number of benzene rings is 1. The maximum atomic E-state index is 12.3. The van der Waals surface area contributed by atoms with E-state index in [-0.39, 0.29) is 24.5 Å². The van der Waals surface area contributed by atoms with Crippen LogP contribution in [0.4, 0.5) is 0 Å². The molecule has 1 fully saturated rings. The molecule has 1 N–H and O–H groups in total. The Labute approximate surface area is 171 Å². The molecule has 5 rings (SSSR count). The van der Waals surface area contributed by atoms with E-state index in [0.717, 1.165) is 41.0 Å². The largest absolute Gasteiger partial charge is 0.395 e. The Morgan fingerprint density at radius 2 is 2.24 bits per heavy atom. The van der Waals surface area contributed by atoms with Crippen LogP contribution in [0.1, 0.15) is 42.6 Å². The topological polar surface area (TPSA) is 105 Å². The number of fused-ring (bicyclic) bond motifs is 3. The van der Waals surface area contributed by atoms with Crippen molar-refractivity contribution >= 4 is 17.4 Å². The van der Waals surface area contributed by atoms with Gasteiger partial charge in [-0.15, -0.1) is 5.10 Å². The zero-order chi connectivity index (χ0) is 20.0. The lowest BCUT2D eigenvalue weighted by Crippen LogP contribution is -2.30. The maximum absolute atomic E-state index is 12.3. The SMILES string of the molecule is CCCc1nnsc1-c1nc(-c2cccc3c2C[C@@H]2CC(=O)N(CCO)[C@H]32)no1. The summed E-state index contributed by atoms with van der Waals surface area (Å²) in [5, 5.41) is 17.8. The number of β-amino-alcohol motifs (C(OH)–C–C–N with tert-alkyl or cyclic N) is 1. The van der Waals surface area contributed by atoms with Crippen LogP contribution in [0.5, 0.6) is 0 Å². The summed E-state index contributed by atoms with van der Waals surface area (Å²) in [5.74, 6) is 1.35. The lowest BCUT2D eigenvalue weighted by molar-refractivity contribution is -0.129. The van der Waals surface area contributed by atoms with Crippen LogP contribution in [0.15, 0.2) is 22.7 Å². The summed E-state index contributed by atoms with van der Waals surface area (Å²) in [6, 6.07) is 6.08. The highest BCUT2D eigenvalue weighted by molar-refractivity contribution is 7.09. The Morgan fingerprint density at radius 3 is 3.07 bits per heavy atom. The minimum atomic E-state index is -0.0266. The lowest BCUT2D eigenvalue weighted by Gasteiger charge is -2.24. The van der Waals surface area contributed by atoms with Crippen molar-refractivity contribution in [2.45, 2.75) is 38.6 Å². The van der Waals surface area contributed by atoms with Gasteiger partial charge in [0.2, 0.25) is 11.7 Å². The van der Waals surface area contributed by atoms with Crippen molar-refractivity contribution < 1.29 is 14.4 Å². The van der Waals surface area contributed by atoms with Crippen LogP contribution in [0.25, 0.3) is 22.2 Å². The van der Waals surface area contributed by atoms with E-state index in [2.05, 4.69) is 32.7 Å². The summed E-state index contributed by atoms with van der Waals surface area (Å²) in [4.78, 5) is 19.6. The fraction of sp³-hybridized carbons (Fsp3) is 0.450. The summed E-state index contributed by atoms with van der Waals surface area (Å²) in [6.45, 7) is 2.44. The molecular weight excluding hydrogens is 390 g/mol. The molecule has 0 bridgehead atoms. The minimum Gasteiger partial charge on any atom is -0.395 e. The smallest absolute Gasteiger partial charge is 0.271 e. The normalized spacial score (nSPS) is 20.3. The van der Waals surface area contributed by atoms with Gasteiger partial charge in [0.1, 0.15) is 4.88 Å². The number of hydrogen-bond acceptors (Lipinski definition) is 8. The van der Waals surface area contributed by atoms with E-state index in [1.165, 1.54) is 17.1 Å². The number of aliphatic hydroxyl groups excluding tert-OH is 1. The van der Waals surface area contributed by atoms with Crippen molar-refractivity contribution in [3.05, 3.63) is 35.0 Å². The van der Waals surface area contributed by atoms with Gasteiger partial charge in [-0.25, -0.2) is 0 Å². The van der Waals surface area contributed by atoms with Crippen molar-refractivity contribution in [1.82, 2.24) is 24.6 Å². The fourth-order valence-electron chi connectivity index (χ4n) is 4.62. The van der Waals surface area contributed by atoms with Gasteiger partial charge in [0.15, 0.2) is 0 Å². The molecule has 1 aliphatic carbocycles. The van der Waals surface area contributed by atoms with Gasteiger partial charge < -0.3 is 14.5 Å². The molecule has 0 spiro atoms. The number of aryl methyl sites for hydroxylation is 1. The molecule has 1 saturated heterocycles. The van der Waals surface area contributed by atoms with Crippen molar-refractivity contribution in [3.63, 3.8) is 0 Å². The molecule has 3 aromatic rings. The van der Waals surface area contributed by atoms with E-state index in [1.54, 1.807) is 0 Å². The Kier molecular flexibility index (Phi) is 4.63. The molecule has 1 amide bonds. The highest BCUT2D eigenvalue weighted by Gasteiger charge is 2.46. The second-order valence-electron chi connectivity index (χ2n) is 7.52. The van der Waals surface area contributed by atoms with Crippen molar-refractivity contribution in [3.8, 4) is 22.2 Å². The Balaban J connectivity index is 1.51. The van der Waals surface area contributed by atoms with Crippen LogP contribution in [-0.4, -0.2) is 48.8 Å². The summed E-state index contributed by atoms with van der Waals surface area (Å²) in [6.07, 6.45) is 3.11. The number of rotatable bonds is 6. The first-order valence-electron chi connectivity index (χ1n) is 9.89. The molecule has 1 aromatic carbocycles. The van der Waals surface area contributed by atoms with Gasteiger partial charge in [-0.2, -0.15) is 4.98 Å². The van der Waals surface area contributed by atoms with Gasteiger partial charge in [-0.3, -0.25) is 4.79 Å². The number of carbonyl (C=O) groups is 1. The molecule has 2 atom stereocenters. The molecule has 150 valence electrons. The van der Waals surface area contributed by atoms with Gasteiger partial charge in [-0.05, 0) is 41.4 Å². The summed E-state index contributed by atoms with van der Waals surface area (Å²) in [5.41, 5.74) is 4.13. The average molecular weight is 411 g/mol. The third-order valence-electron chi connectivity index (χ3n) is 5.78. The number of hydrogen-bond donors (Lipinski definition) is 1. The Hall–Kier alpha value is -2.65. The van der Waals surface area contributed by atoms with E-state index in [9.17, 15) is 9.90 Å². The zero-order valence-corrected chi connectivity index (χ0v) is 16.9. The van der Waals surface area contributed by atoms with Crippen LogP contribution in [-0.2, 0) is 17.6 Å². The van der Waals surface area contributed by atoms with Gasteiger partial charge >= 0.3 is 0 Å². The zero-order valence-electron chi connectivity index (χ0n) is 16.0. The third kappa shape index (κ3) is 2.96. The molecule has 1 aliphatic heterocycles. The summed E-state index contributed by atoms with van der Waals surface area (Å²) >= 11 is 1.27.